The lowest BCUT2D eigenvalue weighted by Crippen LogP contribution is -2.21. The first kappa shape index (κ1) is 11.3. The Labute approximate surface area is 84.1 Å². The van der Waals surface area contributed by atoms with Gasteiger partial charge in [-0.2, -0.15) is 13.2 Å². The number of aliphatic hydroxyl groups excluding tert-OH is 1. The zero-order chi connectivity index (χ0) is 10.9. The molecule has 0 saturated heterocycles. The Morgan fingerprint density at radius 3 is 2.36 bits per heavy atom. The molecular weight excluding hydrogens is 217 g/mol. The van der Waals surface area contributed by atoms with Gasteiger partial charge in [0.2, 0.25) is 0 Å². The van der Waals surface area contributed by atoms with Gasteiger partial charge in [0.15, 0.2) is 6.10 Å². The molecule has 0 fully saturated rings. The molecule has 1 nitrogen and oxygen atoms in total. The quantitative estimate of drug-likeness (QED) is 0.777. The normalized spacial score (nSPS) is 14.1. The van der Waals surface area contributed by atoms with Crippen LogP contribution >= 0.6 is 11.6 Å². The number of halogens is 4. The maximum atomic E-state index is 12.2. The first-order valence-corrected chi connectivity index (χ1v) is 4.21. The Morgan fingerprint density at radius 1 is 1.36 bits per heavy atom. The van der Waals surface area contributed by atoms with Crippen molar-refractivity contribution in [2.75, 3.05) is 0 Å². The topological polar surface area (TPSA) is 20.2 Å². The van der Waals surface area contributed by atoms with Crippen molar-refractivity contribution in [2.45, 2.75) is 19.2 Å². The molecular formula is C9H8ClF3O. The zero-order valence-corrected chi connectivity index (χ0v) is 8.02. The third kappa shape index (κ3) is 2.19. The second-order valence-corrected chi connectivity index (χ2v) is 3.32. The molecule has 0 heterocycles. The number of aryl methyl sites for hydroxylation is 1. The Kier molecular flexibility index (Phi) is 3.07. The zero-order valence-electron chi connectivity index (χ0n) is 7.27. The van der Waals surface area contributed by atoms with Crippen LogP contribution in [0.4, 0.5) is 13.2 Å². The van der Waals surface area contributed by atoms with Gasteiger partial charge in [-0.05, 0) is 18.6 Å². The van der Waals surface area contributed by atoms with Crippen LogP contribution in [0.3, 0.4) is 0 Å². The van der Waals surface area contributed by atoms with Crippen LogP contribution in [0.2, 0.25) is 5.02 Å². The molecule has 0 aliphatic heterocycles. The highest BCUT2D eigenvalue weighted by Gasteiger charge is 2.41. The summed E-state index contributed by atoms with van der Waals surface area (Å²) in [5.74, 6) is 0. The SMILES string of the molecule is Cc1cccc(Cl)c1[C@H](O)C(F)(F)F. The summed E-state index contributed by atoms with van der Waals surface area (Å²) < 4.78 is 36.6. The molecule has 14 heavy (non-hydrogen) atoms. The van der Waals surface area contributed by atoms with Gasteiger partial charge in [-0.15, -0.1) is 0 Å². The molecule has 1 atom stereocenters. The molecule has 0 aliphatic carbocycles. The van der Waals surface area contributed by atoms with Gasteiger partial charge in [0.05, 0.1) is 0 Å². The Bertz CT molecular complexity index is 315. The molecule has 78 valence electrons. The van der Waals surface area contributed by atoms with E-state index in [9.17, 15) is 13.2 Å². The van der Waals surface area contributed by atoms with Crippen molar-refractivity contribution in [3.8, 4) is 0 Å². The van der Waals surface area contributed by atoms with E-state index in [2.05, 4.69) is 0 Å². The van der Waals surface area contributed by atoms with Crippen LogP contribution in [0.5, 0.6) is 0 Å². The van der Waals surface area contributed by atoms with Crippen molar-refractivity contribution in [1.29, 1.82) is 0 Å². The first-order chi connectivity index (χ1) is 6.34. The summed E-state index contributed by atoms with van der Waals surface area (Å²) in [6.07, 6.45) is -7.20. The second-order valence-electron chi connectivity index (χ2n) is 2.91. The van der Waals surface area contributed by atoms with Crippen LogP contribution < -0.4 is 0 Å². The Balaban J connectivity index is 3.19. The predicted octanol–water partition coefficient (Wildman–Crippen LogP) is 3.24. The Hall–Kier alpha value is -0.740. The van der Waals surface area contributed by atoms with E-state index in [0.29, 0.717) is 5.56 Å². The molecule has 1 N–H and O–H groups in total. The molecule has 0 saturated carbocycles. The second kappa shape index (κ2) is 3.79. The number of rotatable bonds is 1. The minimum absolute atomic E-state index is 0.0742. The number of aliphatic hydroxyl groups is 1. The summed E-state index contributed by atoms with van der Waals surface area (Å²) in [4.78, 5) is 0. The summed E-state index contributed by atoms with van der Waals surface area (Å²) in [6.45, 7) is 1.47. The molecule has 0 aliphatic rings. The van der Waals surface area contributed by atoms with E-state index in [4.69, 9.17) is 16.7 Å². The molecule has 1 rings (SSSR count). The highest BCUT2D eigenvalue weighted by Crippen LogP contribution is 2.37. The summed E-state index contributed by atoms with van der Waals surface area (Å²) in [5.41, 5.74) is 0.0454. The van der Waals surface area contributed by atoms with Gasteiger partial charge in [0.1, 0.15) is 0 Å². The average molecular weight is 225 g/mol. The maximum Gasteiger partial charge on any atom is 0.418 e. The lowest BCUT2D eigenvalue weighted by Gasteiger charge is -2.17. The Morgan fingerprint density at radius 2 is 1.93 bits per heavy atom. The van der Waals surface area contributed by atoms with Crippen molar-refractivity contribution in [2.24, 2.45) is 0 Å². The fraction of sp³-hybridized carbons (Fsp3) is 0.333. The van der Waals surface area contributed by atoms with E-state index in [0.717, 1.165) is 0 Å². The van der Waals surface area contributed by atoms with E-state index in [1.807, 2.05) is 0 Å². The third-order valence-electron chi connectivity index (χ3n) is 1.85. The van der Waals surface area contributed by atoms with Gasteiger partial charge in [0, 0.05) is 10.6 Å². The third-order valence-corrected chi connectivity index (χ3v) is 2.18. The van der Waals surface area contributed by atoms with Crippen LogP contribution in [0.15, 0.2) is 18.2 Å². The molecule has 0 amide bonds. The van der Waals surface area contributed by atoms with E-state index < -0.39 is 12.3 Å². The van der Waals surface area contributed by atoms with Crippen LogP contribution in [-0.4, -0.2) is 11.3 Å². The van der Waals surface area contributed by atoms with E-state index >= 15 is 0 Å². The van der Waals surface area contributed by atoms with Crippen molar-refractivity contribution >= 4 is 11.6 Å². The van der Waals surface area contributed by atoms with Crippen molar-refractivity contribution < 1.29 is 18.3 Å². The summed E-state index contributed by atoms with van der Waals surface area (Å²) in [6, 6.07) is 4.32. The van der Waals surface area contributed by atoms with Crippen LogP contribution in [0.25, 0.3) is 0 Å². The van der Waals surface area contributed by atoms with Gasteiger partial charge in [-0.3, -0.25) is 0 Å². The summed E-state index contributed by atoms with van der Waals surface area (Å²) in [5, 5.41) is 8.94. The monoisotopic (exact) mass is 224 g/mol. The average Bonchev–Trinajstić information content (AvgIpc) is 2.01. The summed E-state index contributed by atoms with van der Waals surface area (Å²) in [7, 11) is 0. The molecule has 0 radical (unpaired) electrons. The smallest absolute Gasteiger partial charge is 0.379 e. The maximum absolute atomic E-state index is 12.2. The van der Waals surface area contributed by atoms with Gasteiger partial charge in [-0.1, -0.05) is 23.7 Å². The molecule has 0 aromatic heterocycles. The van der Waals surface area contributed by atoms with E-state index in [1.165, 1.54) is 25.1 Å². The lowest BCUT2D eigenvalue weighted by atomic mass is 10.0. The number of hydrogen-bond acceptors (Lipinski definition) is 1. The molecule has 1 aromatic rings. The molecule has 0 bridgehead atoms. The fourth-order valence-corrected chi connectivity index (χ4v) is 1.48. The lowest BCUT2D eigenvalue weighted by molar-refractivity contribution is -0.206. The number of alkyl halides is 3. The standard InChI is InChI=1S/C9H8ClF3O/c1-5-3-2-4-6(10)7(5)8(14)9(11,12)13/h2-4,8,14H,1H3/t8-/m0/s1. The molecule has 0 unspecified atom stereocenters. The van der Waals surface area contributed by atoms with Crippen molar-refractivity contribution in [3.05, 3.63) is 34.3 Å². The minimum atomic E-state index is -4.68. The highest BCUT2D eigenvalue weighted by molar-refractivity contribution is 6.31. The molecule has 1 aromatic carbocycles. The minimum Gasteiger partial charge on any atom is -0.379 e. The number of benzene rings is 1. The van der Waals surface area contributed by atoms with Gasteiger partial charge >= 0.3 is 6.18 Å². The largest absolute Gasteiger partial charge is 0.418 e. The van der Waals surface area contributed by atoms with Crippen molar-refractivity contribution in [1.82, 2.24) is 0 Å². The first-order valence-electron chi connectivity index (χ1n) is 3.84. The van der Waals surface area contributed by atoms with Crippen LogP contribution in [-0.2, 0) is 0 Å². The molecule has 0 spiro atoms. The number of hydrogen-bond donors (Lipinski definition) is 1. The van der Waals surface area contributed by atoms with Gasteiger partial charge < -0.3 is 5.11 Å². The van der Waals surface area contributed by atoms with Gasteiger partial charge in [-0.25, -0.2) is 0 Å². The van der Waals surface area contributed by atoms with Crippen molar-refractivity contribution in [3.63, 3.8) is 0 Å². The molecule has 5 heteroatoms. The van der Waals surface area contributed by atoms with Crippen LogP contribution in [0.1, 0.15) is 17.2 Å². The highest BCUT2D eigenvalue weighted by atomic mass is 35.5. The van der Waals surface area contributed by atoms with Gasteiger partial charge in [0.25, 0.3) is 0 Å². The van der Waals surface area contributed by atoms with E-state index in [-0.39, 0.29) is 10.6 Å². The fourth-order valence-electron chi connectivity index (χ4n) is 1.15. The van der Waals surface area contributed by atoms with Crippen LogP contribution in [0, 0.1) is 6.92 Å². The predicted molar refractivity (Wildman–Crippen MR) is 47.2 cm³/mol. The van der Waals surface area contributed by atoms with E-state index in [1.54, 1.807) is 0 Å². The summed E-state index contributed by atoms with van der Waals surface area (Å²) >= 11 is 5.57.